The van der Waals surface area contributed by atoms with Crippen LogP contribution in [-0.4, -0.2) is 11.7 Å². The van der Waals surface area contributed by atoms with Gasteiger partial charge in [-0.3, -0.25) is 9.59 Å². The second-order valence-electron chi connectivity index (χ2n) is 5.39. The van der Waals surface area contributed by atoms with Crippen LogP contribution in [0.15, 0.2) is 42.5 Å². The molecule has 2 aromatic carbocycles. The highest BCUT2D eigenvalue weighted by Gasteiger charge is 2.27. The van der Waals surface area contributed by atoms with E-state index in [-0.39, 0.29) is 0 Å². The summed E-state index contributed by atoms with van der Waals surface area (Å²) in [4.78, 5) is 24.7. The average molecular weight is 341 g/mol. The molecule has 0 radical (unpaired) electrons. The number of aryl methyl sites for hydroxylation is 2. The van der Waals surface area contributed by atoms with Crippen LogP contribution in [0, 0.1) is 18.3 Å². The highest BCUT2D eigenvalue weighted by atomic mass is 35.5. The van der Waals surface area contributed by atoms with Crippen molar-refractivity contribution in [2.75, 3.05) is 5.32 Å². The van der Waals surface area contributed by atoms with Gasteiger partial charge in [0.2, 0.25) is 5.78 Å². The summed E-state index contributed by atoms with van der Waals surface area (Å²) in [6.45, 7) is 3.83. The van der Waals surface area contributed by atoms with Gasteiger partial charge in [0.25, 0.3) is 5.91 Å². The van der Waals surface area contributed by atoms with E-state index in [1.54, 1.807) is 24.3 Å². The van der Waals surface area contributed by atoms with Gasteiger partial charge in [0.15, 0.2) is 0 Å². The molecule has 0 aromatic heterocycles. The Bertz CT molecular complexity index is 807. The van der Waals surface area contributed by atoms with Gasteiger partial charge in [-0.05, 0) is 42.2 Å². The number of nitrogens with zero attached hydrogens (tertiary/aromatic N) is 1. The Morgan fingerprint density at radius 2 is 1.88 bits per heavy atom. The van der Waals surface area contributed by atoms with Crippen molar-refractivity contribution in [3.63, 3.8) is 0 Å². The number of nitrogens with one attached hydrogen (secondary N) is 1. The van der Waals surface area contributed by atoms with Crippen LogP contribution in [0.5, 0.6) is 0 Å². The molecular weight excluding hydrogens is 324 g/mol. The second kappa shape index (κ2) is 7.76. The Hall–Kier alpha value is -2.64. The molecular formula is C19H17ClN2O2. The number of nitriles is 1. The van der Waals surface area contributed by atoms with Gasteiger partial charge in [-0.25, -0.2) is 0 Å². The average Bonchev–Trinajstić information content (AvgIpc) is 2.58. The lowest BCUT2D eigenvalue weighted by Gasteiger charge is -2.14. The fraction of sp³-hybridized carbons (Fsp3) is 0.211. The van der Waals surface area contributed by atoms with E-state index in [9.17, 15) is 14.9 Å². The number of anilines is 1. The van der Waals surface area contributed by atoms with Crippen LogP contribution in [0.3, 0.4) is 0 Å². The minimum Gasteiger partial charge on any atom is -0.319 e. The summed E-state index contributed by atoms with van der Waals surface area (Å²) >= 11 is 5.81. The van der Waals surface area contributed by atoms with E-state index in [0.717, 1.165) is 17.5 Å². The quantitative estimate of drug-likeness (QED) is 0.835. The van der Waals surface area contributed by atoms with E-state index in [1.165, 1.54) is 0 Å². The molecule has 2 rings (SSSR count). The first-order valence-corrected chi connectivity index (χ1v) is 7.94. The Balaban J connectivity index is 2.24. The normalized spacial score (nSPS) is 11.4. The van der Waals surface area contributed by atoms with Crippen LogP contribution in [0.25, 0.3) is 0 Å². The van der Waals surface area contributed by atoms with Gasteiger partial charge in [-0.15, -0.1) is 0 Å². The Morgan fingerprint density at radius 1 is 1.21 bits per heavy atom. The third-order valence-corrected chi connectivity index (χ3v) is 4.05. The fourth-order valence-corrected chi connectivity index (χ4v) is 2.57. The first kappa shape index (κ1) is 17.7. The summed E-state index contributed by atoms with van der Waals surface area (Å²) in [6.07, 6.45) is 0.727. The predicted molar refractivity (Wildman–Crippen MR) is 94.0 cm³/mol. The van der Waals surface area contributed by atoms with Crippen molar-refractivity contribution >= 4 is 29.0 Å². The number of halogens is 1. The molecule has 4 nitrogen and oxygen atoms in total. The van der Waals surface area contributed by atoms with Crippen LogP contribution >= 0.6 is 11.6 Å². The molecule has 5 heteroatoms. The molecule has 1 amide bonds. The van der Waals surface area contributed by atoms with Gasteiger partial charge in [0.1, 0.15) is 5.92 Å². The molecule has 2 aromatic rings. The minimum atomic E-state index is -1.16. The maximum atomic E-state index is 12.4. The summed E-state index contributed by atoms with van der Waals surface area (Å²) in [6, 6.07) is 13.9. The monoisotopic (exact) mass is 340 g/mol. The maximum absolute atomic E-state index is 12.4. The summed E-state index contributed by atoms with van der Waals surface area (Å²) in [5.41, 5.74) is 2.89. The topological polar surface area (TPSA) is 70.0 Å². The van der Waals surface area contributed by atoms with Crippen LogP contribution in [0.4, 0.5) is 5.69 Å². The van der Waals surface area contributed by atoms with E-state index in [4.69, 9.17) is 11.6 Å². The van der Waals surface area contributed by atoms with Gasteiger partial charge in [-0.2, -0.15) is 5.26 Å². The lowest BCUT2D eigenvalue weighted by atomic mass is 9.95. The summed E-state index contributed by atoms with van der Waals surface area (Å²) < 4.78 is 0. The first-order chi connectivity index (χ1) is 11.5. The van der Waals surface area contributed by atoms with Gasteiger partial charge in [0, 0.05) is 10.7 Å². The second-order valence-corrected chi connectivity index (χ2v) is 5.83. The zero-order valence-corrected chi connectivity index (χ0v) is 14.2. The number of Topliss-reactive ketones (excluding diaryl/α,β-unsaturated/α-hetero) is 1. The Labute approximate surface area is 146 Å². The maximum Gasteiger partial charge on any atom is 0.293 e. The molecule has 24 heavy (non-hydrogen) atoms. The highest BCUT2D eigenvalue weighted by molar-refractivity contribution is 6.43. The summed E-state index contributed by atoms with van der Waals surface area (Å²) in [7, 11) is 0. The van der Waals surface area contributed by atoms with Crippen LogP contribution in [0.1, 0.15) is 29.5 Å². The molecule has 0 saturated carbocycles. The summed E-state index contributed by atoms with van der Waals surface area (Å²) in [5, 5.41) is 12.5. The van der Waals surface area contributed by atoms with Crippen molar-refractivity contribution in [3.05, 3.63) is 64.2 Å². The third kappa shape index (κ3) is 3.81. The summed E-state index contributed by atoms with van der Waals surface area (Å²) in [5.74, 6) is -2.73. The SMILES string of the molecule is CCc1cccc(C)c1NC(=O)C(=O)[C@@H](C#N)c1ccc(Cl)cc1. The number of carbonyl (C=O) groups excluding carboxylic acids is 2. The van der Waals surface area contributed by atoms with E-state index >= 15 is 0 Å². The molecule has 1 atom stereocenters. The van der Waals surface area contributed by atoms with Crippen LogP contribution in [0.2, 0.25) is 5.02 Å². The van der Waals surface area contributed by atoms with Crippen molar-refractivity contribution in [1.29, 1.82) is 5.26 Å². The number of benzene rings is 2. The van der Waals surface area contributed by atoms with E-state index in [0.29, 0.717) is 16.3 Å². The van der Waals surface area contributed by atoms with Crippen molar-refractivity contribution in [3.8, 4) is 6.07 Å². The molecule has 0 saturated heterocycles. The van der Waals surface area contributed by atoms with E-state index in [1.807, 2.05) is 38.1 Å². The fourth-order valence-electron chi connectivity index (χ4n) is 2.45. The molecule has 0 spiro atoms. The predicted octanol–water partition coefficient (Wildman–Crippen LogP) is 4.03. The third-order valence-electron chi connectivity index (χ3n) is 3.80. The number of para-hydroxylation sites is 1. The zero-order chi connectivity index (χ0) is 17.7. The molecule has 0 aliphatic rings. The van der Waals surface area contributed by atoms with Gasteiger partial charge >= 0.3 is 0 Å². The van der Waals surface area contributed by atoms with Crippen molar-refractivity contribution in [2.24, 2.45) is 0 Å². The van der Waals surface area contributed by atoms with Crippen LogP contribution in [-0.2, 0) is 16.0 Å². The van der Waals surface area contributed by atoms with Gasteiger partial charge in [-0.1, -0.05) is 48.9 Å². The highest BCUT2D eigenvalue weighted by Crippen LogP contribution is 2.23. The van der Waals surface area contributed by atoms with Crippen LogP contribution < -0.4 is 5.32 Å². The number of amides is 1. The largest absolute Gasteiger partial charge is 0.319 e. The molecule has 0 aliphatic carbocycles. The van der Waals surface area contributed by atoms with E-state index in [2.05, 4.69) is 5.32 Å². The minimum absolute atomic E-state index is 0.447. The molecule has 122 valence electrons. The van der Waals surface area contributed by atoms with Crippen molar-refractivity contribution < 1.29 is 9.59 Å². The number of carbonyl (C=O) groups is 2. The van der Waals surface area contributed by atoms with Gasteiger partial charge < -0.3 is 5.32 Å². The molecule has 0 fully saturated rings. The van der Waals surface area contributed by atoms with Gasteiger partial charge in [0.05, 0.1) is 6.07 Å². The standard InChI is InChI=1S/C19H17ClN2O2/c1-3-13-6-4-5-12(2)17(13)22-19(24)18(23)16(11-21)14-7-9-15(20)10-8-14/h4-10,16H,3H2,1-2H3,(H,22,24)/t16-/m0/s1. The zero-order valence-electron chi connectivity index (χ0n) is 13.5. The van der Waals surface area contributed by atoms with Crippen molar-refractivity contribution in [2.45, 2.75) is 26.2 Å². The smallest absolute Gasteiger partial charge is 0.293 e. The lowest BCUT2D eigenvalue weighted by Crippen LogP contribution is -2.28. The molecule has 0 heterocycles. The Morgan fingerprint density at radius 3 is 2.46 bits per heavy atom. The first-order valence-electron chi connectivity index (χ1n) is 7.56. The lowest BCUT2D eigenvalue weighted by molar-refractivity contribution is -0.135. The number of hydrogen-bond acceptors (Lipinski definition) is 3. The Kier molecular flexibility index (Phi) is 5.73. The van der Waals surface area contributed by atoms with E-state index < -0.39 is 17.6 Å². The molecule has 1 N–H and O–H groups in total. The molecule has 0 unspecified atom stereocenters. The number of ketones is 1. The molecule has 0 bridgehead atoms. The molecule has 0 aliphatic heterocycles. The number of rotatable bonds is 5. The number of hydrogen-bond donors (Lipinski definition) is 1. The van der Waals surface area contributed by atoms with Crippen molar-refractivity contribution in [1.82, 2.24) is 0 Å².